The fourth-order valence-electron chi connectivity index (χ4n) is 3.23. The van der Waals surface area contributed by atoms with Gasteiger partial charge in [0.2, 0.25) is 0 Å². The first kappa shape index (κ1) is 14.5. The molecule has 0 aromatic heterocycles. The molecule has 1 aromatic rings. The Hall–Kier alpha value is -0.890. The molecule has 1 atom stereocenters. The minimum Gasteiger partial charge on any atom is -0.316 e. The Morgan fingerprint density at radius 1 is 1.26 bits per heavy atom. The van der Waals surface area contributed by atoms with Crippen molar-refractivity contribution < 1.29 is 4.39 Å². The van der Waals surface area contributed by atoms with Gasteiger partial charge in [-0.2, -0.15) is 0 Å². The van der Waals surface area contributed by atoms with Crippen LogP contribution in [0, 0.1) is 17.2 Å². The smallest absolute Gasteiger partial charge is 0.126 e. The van der Waals surface area contributed by atoms with E-state index < -0.39 is 0 Å². The van der Waals surface area contributed by atoms with Crippen molar-refractivity contribution >= 4 is 0 Å². The van der Waals surface area contributed by atoms with E-state index >= 15 is 0 Å². The monoisotopic (exact) mass is 263 g/mol. The molecule has 1 nitrogen and oxygen atoms in total. The van der Waals surface area contributed by atoms with Crippen molar-refractivity contribution in [1.82, 2.24) is 5.32 Å². The van der Waals surface area contributed by atoms with Crippen LogP contribution in [0.5, 0.6) is 0 Å². The summed E-state index contributed by atoms with van der Waals surface area (Å²) >= 11 is 0. The predicted octanol–water partition coefficient (Wildman–Crippen LogP) is 4.17. The number of halogens is 1. The summed E-state index contributed by atoms with van der Waals surface area (Å²) in [5.41, 5.74) is 1.33. The Bertz CT molecular complexity index is 403. The van der Waals surface area contributed by atoms with Crippen LogP contribution in [0.4, 0.5) is 4.39 Å². The molecule has 0 aliphatic heterocycles. The quantitative estimate of drug-likeness (QED) is 0.859. The van der Waals surface area contributed by atoms with E-state index in [1.54, 1.807) is 12.1 Å². The van der Waals surface area contributed by atoms with E-state index in [1.807, 2.05) is 19.2 Å². The normalized spacial score (nSPS) is 21.3. The maximum atomic E-state index is 13.7. The van der Waals surface area contributed by atoms with Gasteiger partial charge in [-0.05, 0) is 62.1 Å². The summed E-state index contributed by atoms with van der Waals surface area (Å²) < 4.78 is 13.7. The lowest BCUT2D eigenvalue weighted by Crippen LogP contribution is -2.39. The van der Waals surface area contributed by atoms with Gasteiger partial charge in [0.25, 0.3) is 0 Å². The predicted molar refractivity (Wildman–Crippen MR) is 78.7 cm³/mol. The summed E-state index contributed by atoms with van der Waals surface area (Å²) in [5.74, 6) is 0.608. The van der Waals surface area contributed by atoms with E-state index in [9.17, 15) is 4.39 Å². The molecule has 1 aliphatic carbocycles. The minimum atomic E-state index is -0.0705. The molecule has 106 valence electrons. The van der Waals surface area contributed by atoms with Crippen LogP contribution in [0.25, 0.3) is 0 Å². The van der Waals surface area contributed by atoms with Crippen LogP contribution in [0.15, 0.2) is 24.3 Å². The molecule has 0 heterocycles. The molecule has 0 radical (unpaired) electrons. The lowest BCUT2D eigenvalue weighted by atomic mass is 9.70. The van der Waals surface area contributed by atoms with Crippen molar-refractivity contribution in [1.29, 1.82) is 0 Å². The van der Waals surface area contributed by atoms with E-state index in [4.69, 9.17) is 0 Å². The van der Waals surface area contributed by atoms with Crippen LogP contribution < -0.4 is 5.32 Å². The number of benzene rings is 1. The van der Waals surface area contributed by atoms with Crippen LogP contribution in [0.2, 0.25) is 0 Å². The molecule has 1 aliphatic rings. The van der Waals surface area contributed by atoms with E-state index in [1.165, 1.54) is 25.7 Å². The molecule has 1 unspecified atom stereocenters. The average molecular weight is 263 g/mol. The second-order valence-electron chi connectivity index (χ2n) is 6.69. The Morgan fingerprint density at radius 3 is 2.47 bits per heavy atom. The highest BCUT2D eigenvalue weighted by Crippen LogP contribution is 2.39. The third-order valence-corrected chi connectivity index (χ3v) is 4.72. The molecule has 0 bridgehead atoms. The van der Waals surface area contributed by atoms with Crippen molar-refractivity contribution in [2.75, 3.05) is 7.05 Å². The topological polar surface area (TPSA) is 12.0 Å². The molecule has 0 amide bonds. The lowest BCUT2D eigenvalue weighted by molar-refractivity contribution is 0.163. The number of hydrogen-bond acceptors (Lipinski definition) is 1. The highest BCUT2D eigenvalue weighted by molar-refractivity contribution is 5.18. The molecule has 1 fully saturated rings. The molecule has 2 heteroatoms. The van der Waals surface area contributed by atoms with Crippen molar-refractivity contribution in [2.45, 2.75) is 52.0 Å². The van der Waals surface area contributed by atoms with Gasteiger partial charge in [-0.3, -0.25) is 0 Å². The molecule has 1 saturated carbocycles. The summed E-state index contributed by atoms with van der Waals surface area (Å²) in [7, 11) is 2.01. The molecule has 19 heavy (non-hydrogen) atoms. The summed E-state index contributed by atoms with van der Waals surface area (Å²) in [5, 5.41) is 3.41. The Kier molecular flexibility index (Phi) is 4.62. The Labute approximate surface area is 116 Å². The number of rotatable bonds is 4. The molecule has 2 rings (SSSR count). The summed E-state index contributed by atoms with van der Waals surface area (Å²) in [6.45, 7) is 4.71. The standard InChI is InChI=1S/C17H26FN/c1-17(2)10-8-13(9-11-17)16(19-3)12-14-6-4-5-7-15(14)18/h4-7,13,16,19H,8-12H2,1-3H3. The Balaban J connectivity index is 1.99. The summed E-state index contributed by atoms with van der Waals surface area (Å²) in [4.78, 5) is 0. The second-order valence-corrected chi connectivity index (χ2v) is 6.69. The number of likely N-dealkylation sites (N-methyl/N-ethyl adjacent to an activating group) is 1. The second kappa shape index (κ2) is 6.04. The van der Waals surface area contributed by atoms with Gasteiger partial charge in [-0.1, -0.05) is 32.0 Å². The lowest BCUT2D eigenvalue weighted by Gasteiger charge is -2.38. The first-order valence-electron chi connectivity index (χ1n) is 7.42. The van der Waals surface area contributed by atoms with Gasteiger partial charge in [-0.15, -0.1) is 0 Å². The molecule has 1 N–H and O–H groups in total. The van der Waals surface area contributed by atoms with Crippen LogP contribution in [0.3, 0.4) is 0 Å². The van der Waals surface area contributed by atoms with E-state index in [0.29, 0.717) is 17.4 Å². The largest absolute Gasteiger partial charge is 0.316 e. The third kappa shape index (κ3) is 3.79. The number of nitrogens with one attached hydrogen (secondary N) is 1. The van der Waals surface area contributed by atoms with Gasteiger partial charge in [-0.25, -0.2) is 4.39 Å². The zero-order chi connectivity index (χ0) is 13.9. The molecular weight excluding hydrogens is 237 g/mol. The summed E-state index contributed by atoms with van der Waals surface area (Å²) in [6.07, 6.45) is 5.88. The minimum absolute atomic E-state index is 0.0705. The zero-order valence-electron chi connectivity index (χ0n) is 12.4. The van der Waals surface area contributed by atoms with Crippen LogP contribution in [-0.4, -0.2) is 13.1 Å². The molecule has 0 saturated heterocycles. The highest BCUT2D eigenvalue weighted by atomic mass is 19.1. The maximum absolute atomic E-state index is 13.7. The van der Waals surface area contributed by atoms with Gasteiger partial charge in [0.05, 0.1) is 0 Å². The molecule has 0 spiro atoms. The highest BCUT2D eigenvalue weighted by Gasteiger charge is 2.31. The fourth-order valence-corrected chi connectivity index (χ4v) is 3.23. The van der Waals surface area contributed by atoms with Crippen LogP contribution in [0.1, 0.15) is 45.1 Å². The number of hydrogen-bond donors (Lipinski definition) is 1. The average Bonchev–Trinajstić information content (AvgIpc) is 2.38. The van der Waals surface area contributed by atoms with Gasteiger partial charge in [0.1, 0.15) is 5.82 Å². The van der Waals surface area contributed by atoms with Gasteiger partial charge in [0.15, 0.2) is 0 Å². The maximum Gasteiger partial charge on any atom is 0.126 e. The first-order valence-corrected chi connectivity index (χ1v) is 7.42. The van der Waals surface area contributed by atoms with E-state index in [-0.39, 0.29) is 5.82 Å². The molecule has 1 aromatic carbocycles. The third-order valence-electron chi connectivity index (χ3n) is 4.72. The Morgan fingerprint density at radius 2 is 1.89 bits per heavy atom. The van der Waals surface area contributed by atoms with E-state index in [2.05, 4.69) is 19.2 Å². The SMILES string of the molecule is CNC(Cc1ccccc1F)C1CCC(C)(C)CC1. The van der Waals surface area contributed by atoms with E-state index in [0.717, 1.165) is 12.0 Å². The van der Waals surface area contributed by atoms with Crippen molar-refractivity contribution in [3.05, 3.63) is 35.6 Å². The van der Waals surface area contributed by atoms with Crippen molar-refractivity contribution in [3.8, 4) is 0 Å². The zero-order valence-corrected chi connectivity index (χ0v) is 12.4. The van der Waals surface area contributed by atoms with Gasteiger partial charge < -0.3 is 5.32 Å². The van der Waals surface area contributed by atoms with Gasteiger partial charge in [0, 0.05) is 6.04 Å². The van der Waals surface area contributed by atoms with Crippen molar-refractivity contribution in [2.24, 2.45) is 11.3 Å². The molecular formula is C17H26FN. The van der Waals surface area contributed by atoms with Crippen LogP contribution in [-0.2, 0) is 6.42 Å². The van der Waals surface area contributed by atoms with Crippen molar-refractivity contribution in [3.63, 3.8) is 0 Å². The van der Waals surface area contributed by atoms with Gasteiger partial charge >= 0.3 is 0 Å². The van der Waals surface area contributed by atoms with Crippen LogP contribution >= 0.6 is 0 Å². The fraction of sp³-hybridized carbons (Fsp3) is 0.647. The first-order chi connectivity index (χ1) is 9.02. The summed E-state index contributed by atoms with van der Waals surface area (Å²) in [6, 6.07) is 7.55.